The maximum atomic E-state index is 12.9. The van der Waals surface area contributed by atoms with Crippen molar-refractivity contribution in [1.29, 1.82) is 0 Å². The Kier molecular flexibility index (Phi) is 4.76. The van der Waals surface area contributed by atoms with E-state index in [1.807, 2.05) is 0 Å². The Labute approximate surface area is 129 Å². The molecular formula is C14H20BrNO3S. The summed E-state index contributed by atoms with van der Waals surface area (Å²) >= 11 is 3.33. The van der Waals surface area contributed by atoms with E-state index in [-0.39, 0.29) is 10.9 Å². The predicted octanol–water partition coefficient (Wildman–Crippen LogP) is 3.27. The number of benzene rings is 1. The minimum atomic E-state index is -3.52. The molecule has 0 saturated carbocycles. The van der Waals surface area contributed by atoms with Gasteiger partial charge < -0.3 is 4.74 Å². The molecule has 20 heavy (non-hydrogen) atoms. The van der Waals surface area contributed by atoms with Gasteiger partial charge in [-0.2, -0.15) is 4.31 Å². The Hall–Kier alpha value is -0.590. The fourth-order valence-electron chi connectivity index (χ4n) is 2.71. The monoisotopic (exact) mass is 361 g/mol. The first-order valence-corrected chi connectivity index (χ1v) is 8.96. The summed E-state index contributed by atoms with van der Waals surface area (Å²) in [5.41, 5.74) is 0. The van der Waals surface area contributed by atoms with Crippen LogP contribution in [0.1, 0.15) is 26.7 Å². The summed E-state index contributed by atoms with van der Waals surface area (Å²) in [6.45, 7) is 4.72. The first-order chi connectivity index (χ1) is 9.37. The Bertz CT molecular complexity index is 586. The molecule has 0 N–H and O–H groups in total. The number of rotatable bonds is 4. The molecule has 0 bridgehead atoms. The van der Waals surface area contributed by atoms with E-state index in [9.17, 15) is 8.42 Å². The molecule has 1 aliphatic heterocycles. The third-order valence-electron chi connectivity index (χ3n) is 3.73. The van der Waals surface area contributed by atoms with Crippen molar-refractivity contribution >= 4 is 26.0 Å². The van der Waals surface area contributed by atoms with Crippen molar-refractivity contribution in [3.8, 4) is 5.75 Å². The van der Waals surface area contributed by atoms with Crippen LogP contribution in [0.25, 0.3) is 0 Å². The molecule has 0 amide bonds. The second-order valence-electron chi connectivity index (χ2n) is 5.36. The van der Waals surface area contributed by atoms with E-state index >= 15 is 0 Å². The molecule has 1 saturated heterocycles. The molecule has 1 aliphatic rings. The van der Waals surface area contributed by atoms with Crippen LogP contribution in [0.4, 0.5) is 0 Å². The fraction of sp³-hybridized carbons (Fsp3) is 0.571. The summed E-state index contributed by atoms with van der Waals surface area (Å²) in [6, 6.07) is 5.15. The zero-order valence-electron chi connectivity index (χ0n) is 12.0. The van der Waals surface area contributed by atoms with Gasteiger partial charge in [-0.1, -0.05) is 29.8 Å². The third-order valence-corrected chi connectivity index (χ3v) is 6.17. The zero-order valence-corrected chi connectivity index (χ0v) is 14.4. The number of hydrogen-bond acceptors (Lipinski definition) is 3. The summed E-state index contributed by atoms with van der Waals surface area (Å²) in [5, 5.41) is 0. The van der Waals surface area contributed by atoms with Crippen LogP contribution in [0.3, 0.4) is 0 Å². The van der Waals surface area contributed by atoms with E-state index in [2.05, 4.69) is 29.8 Å². The first-order valence-electron chi connectivity index (χ1n) is 6.73. The maximum absolute atomic E-state index is 12.9. The normalized spacial score (nSPS) is 20.6. The lowest BCUT2D eigenvalue weighted by molar-refractivity contribution is 0.313. The van der Waals surface area contributed by atoms with Gasteiger partial charge >= 0.3 is 0 Å². The number of nitrogens with zero attached hydrogens (tertiary/aromatic N) is 1. The Morgan fingerprint density at radius 2 is 2.10 bits per heavy atom. The van der Waals surface area contributed by atoms with Crippen molar-refractivity contribution in [3.05, 3.63) is 22.7 Å². The van der Waals surface area contributed by atoms with Crippen LogP contribution in [-0.2, 0) is 10.0 Å². The highest BCUT2D eigenvalue weighted by atomic mass is 79.9. The highest BCUT2D eigenvalue weighted by molar-refractivity contribution is 9.10. The molecule has 1 fully saturated rings. The highest BCUT2D eigenvalue weighted by Crippen LogP contribution is 2.35. The van der Waals surface area contributed by atoms with Crippen molar-refractivity contribution < 1.29 is 13.2 Å². The zero-order chi connectivity index (χ0) is 14.9. The van der Waals surface area contributed by atoms with Crippen molar-refractivity contribution in [2.75, 3.05) is 13.7 Å². The van der Waals surface area contributed by atoms with Crippen LogP contribution in [0.2, 0.25) is 0 Å². The molecule has 0 aliphatic carbocycles. The second-order valence-corrected chi connectivity index (χ2v) is 8.14. The molecular weight excluding hydrogens is 342 g/mol. The van der Waals surface area contributed by atoms with Crippen molar-refractivity contribution in [2.24, 2.45) is 5.92 Å². The van der Waals surface area contributed by atoms with Crippen LogP contribution < -0.4 is 4.74 Å². The number of hydrogen-bond donors (Lipinski definition) is 0. The number of halogens is 1. The van der Waals surface area contributed by atoms with Crippen LogP contribution in [-0.4, -0.2) is 32.4 Å². The van der Waals surface area contributed by atoms with Crippen molar-refractivity contribution in [1.82, 2.24) is 4.31 Å². The minimum Gasteiger partial charge on any atom is -0.495 e. The number of ether oxygens (including phenoxy) is 1. The molecule has 1 heterocycles. The van der Waals surface area contributed by atoms with Gasteiger partial charge in [0.15, 0.2) is 0 Å². The maximum Gasteiger partial charge on any atom is 0.247 e. The van der Waals surface area contributed by atoms with Gasteiger partial charge in [0.05, 0.1) is 7.11 Å². The molecule has 6 heteroatoms. The highest BCUT2D eigenvalue weighted by Gasteiger charge is 2.38. The summed E-state index contributed by atoms with van der Waals surface area (Å²) in [4.78, 5) is 0.238. The van der Waals surface area contributed by atoms with Gasteiger partial charge in [-0.15, -0.1) is 0 Å². The molecule has 1 aromatic carbocycles. The quantitative estimate of drug-likeness (QED) is 0.826. The summed E-state index contributed by atoms with van der Waals surface area (Å²) in [5.74, 6) is 0.702. The van der Waals surface area contributed by atoms with Gasteiger partial charge in [-0.3, -0.25) is 0 Å². The molecule has 1 unspecified atom stereocenters. The van der Waals surface area contributed by atoms with E-state index in [0.717, 1.165) is 17.3 Å². The SMILES string of the molecule is COc1ccc(Br)cc1S(=O)(=O)N1CCCC1C(C)C. The van der Waals surface area contributed by atoms with Crippen LogP contribution in [0.5, 0.6) is 5.75 Å². The van der Waals surface area contributed by atoms with Crippen molar-refractivity contribution in [3.63, 3.8) is 0 Å². The average molecular weight is 362 g/mol. The smallest absolute Gasteiger partial charge is 0.247 e. The Morgan fingerprint density at radius 1 is 1.40 bits per heavy atom. The van der Waals surface area contributed by atoms with Gasteiger partial charge in [-0.25, -0.2) is 8.42 Å². The van der Waals surface area contributed by atoms with Crippen LogP contribution in [0.15, 0.2) is 27.6 Å². The lowest BCUT2D eigenvalue weighted by Crippen LogP contribution is -2.38. The van der Waals surface area contributed by atoms with Gasteiger partial charge in [0, 0.05) is 17.1 Å². The lowest BCUT2D eigenvalue weighted by Gasteiger charge is -2.27. The molecule has 1 atom stereocenters. The topological polar surface area (TPSA) is 46.6 Å². The molecule has 4 nitrogen and oxygen atoms in total. The Balaban J connectivity index is 2.47. The summed E-state index contributed by atoms with van der Waals surface area (Å²) < 4.78 is 33.4. The second kappa shape index (κ2) is 6.03. The van der Waals surface area contributed by atoms with E-state index in [0.29, 0.717) is 18.2 Å². The van der Waals surface area contributed by atoms with Gasteiger partial charge in [0.1, 0.15) is 10.6 Å². The molecule has 0 radical (unpaired) electrons. The molecule has 112 valence electrons. The summed E-state index contributed by atoms with van der Waals surface area (Å²) in [7, 11) is -2.03. The van der Waals surface area contributed by atoms with Crippen LogP contribution >= 0.6 is 15.9 Å². The fourth-order valence-corrected chi connectivity index (χ4v) is 5.23. The molecule has 0 spiro atoms. The molecule has 1 aromatic rings. The van der Waals surface area contributed by atoms with Gasteiger partial charge in [0.25, 0.3) is 0 Å². The van der Waals surface area contributed by atoms with Crippen LogP contribution in [0, 0.1) is 5.92 Å². The molecule has 2 rings (SSSR count). The minimum absolute atomic E-state index is 0.0729. The third kappa shape index (κ3) is 2.87. The van der Waals surface area contributed by atoms with Crippen molar-refractivity contribution in [2.45, 2.75) is 37.6 Å². The average Bonchev–Trinajstić information content (AvgIpc) is 2.88. The standard InChI is InChI=1S/C14H20BrNO3S/c1-10(2)12-5-4-8-16(12)20(17,18)14-9-11(15)6-7-13(14)19-3/h6-7,9-10,12H,4-5,8H2,1-3H3. The number of sulfonamides is 1. The largest absolute Gasteiger partial charge is 0.495 e. The Morgan fingerprint density at radius 3 is 2.70 bits per heavy atom. The van der Waals surface area contributed by atoms with Gasteiger partial charge in [0.2, 0.25) is 10.0 Å². The van der Waals surface area contributed by atoms with Gasteiger partial charge in [-0.05, 0) is 37.0 Å². The predicted molar refractivity (Wildman–Crippen MR) is 82.4 cm³/mol. The van der Waals surface area contributed by atoms with E-state index in [1.165, 1.54) is 7.11 Å². The first kappa shape index (κ1) is 15.8. The lowest BCUT2D eigenvalue weighted by atomic mass is 10.0. The summed E-state index contributed by atoms with van der Waals surface area (Å²) in [6.07, 6.45) is 1.84. The molecule has 0 aromatic heterocycles. The van der Waals surface area contributed by atoms with E-state index in [1.54, 1.807) is 22.5 Å². The van der Waals surface area contributed by atoms with E-state index in [4.69, 9.17) is 4.74 Å². The number of methoxy groups -OCH3 is 1. The van der Waals surface area contributed by atoms with E-state index < -0.39 is 10.0 Å².